The van der Waals surface area contributed by atoms with Crippen molar-refractivity contribution in [2.45, 2.75) is 50.2 Å². The molecule has 2 atom stereocenters. The molecule has 7 nitrogen and oxygen atoms in total. The van der Waals surface area contributed by atoms with Crippen molar-refractivity contribution in [1.82, 2.24) is 9.21 Å². The van der Waals surface area contributed by atoms with Crippen molar-refractivity contribution in [2.75, 3.05) is 38.0 Å². The van der Waals surface area contributed by atoms with E-state index in [2.05, 4.69) is 10.2 Å². The number of hydrogen-bond donors (Lipinski definition) is 1. The highest BCUT2D eigenvalue weighted by molar-refractivity contribution is 7.89. The lowest BCUT2D eigenvalue weighted by Gasteiger charge is -2.34. The molecule has 0 unspecified atom stereocenters. The lowest BCUT2D eigenvalue weighted by Crippen LogP contribution is -2.48. The van der Waals surface area contributed by atoms with Gasteiger partial charge in [-0.2, -0.15) is 4.31 Å². The van der Waals surface area contributed by atoms with E-state index in [0.717, 1.165) is 32.4 Å². The number of piperidine rings is 1. The van der Waals surface area contributed by atoms with Crippen molar-refractivity contribution in [3.05, 3.63) is 24.3 Å². The van der Waals surface area contributed by atoms with Crippen LogP contribution in [0.25, 0.3) is 0 Å². The SMILES string of the molecule is C[C@H]1CN(CC(=O)Nc2ccc(S(=O)(=O)N3CCCCC3)cc2)C[C@H](C)O1. The number of benzene rings is 1. The summed E-state index contributed by atoms with van der Waals surface area (Å²) >= 11 is 0. The third-order valence-electron chi connectivity index (χ3n) is 4.95. The van der Waals surface area contributed by atoms with Gasteiger partial charge in [-0.05, 0) is 51.0 Å². The number of morpholine rings is 1. The van der Waals surface area contributed by atoms with Crippen LogP contribution in [0.5, 0.6) is 0 Å². The van der Waals surface area contributed by atoms with Crippen molar-refractivity contribution < 1.29 is 17.9 Å². The number of anilines is 1. The molecule has 1 aromatic rings. The third-order valence-corrected chi connectivity index (χ3v) is 6.87. The summed E-state index contributed by atoms with van der Waals surface area (Å²) in [7, 11) is -3.44. The quantitative estimate of drug-likeness (QED) is 0.824. The molecule has 2 aliphatic heterocycles. The van der Waals surface area contributed by atoms with Crippen LogP contribution in [0.1, 0.15) is 33.1 Å². The van der Waals surface area contributed by atoms with Gasteiger partial charge < -0.3 is 10.1 Å². The van der Waals surface area contributed by atoms with Gasteiger partial charge in [0, 0.05) is 31.9 Å². The van der Waals surface area contributed by atoms with Gasteiger partial charge in [0.25, 0.3) is 0 Å². The monoisotopic (exact) mass is 395 g/mol. The lowest BCUT2D eigenvalue weighted by molar-refractivity contribution is -0.121. The highest BCUT2D eigenvalue weighted by Gasteiger charge is 2.26. The number of carbonyl (C=O) groups excluding carboxylic acids is 1. The number of hydrogen-bond acceptors (Lipinski definition) is 5. The number of carbonyl (C=O) groups is 1. The zero-order valence-corrected chi connectivity index (χ0v) is 16.9. The Labute approximate surface area is 161 Å². The Bertz CT molecular complexity index is 735. The maximum atomic E-state index is 12.7. The first-order valence-electron chi connectivity index (χ1n) is 9.62. The number of sulfonamides is 1. The van der Waals surface area contributed by atoms with Gasteiger partial charge in [-0.3, -0.25) is 9.69 Å². The molecule has 2 heterocycles. The number of nitrogens with zero attached hydrogens (tertiary/aromatic N) is 2. The van der Waals surface area contributed by atoms with E-state index in [1.807, 2.05) is 13.8 Å². The van der Waals surface area contributed by atoms with E-state index in [1.165, 1.54) is 0 Å². The van der Waals surface area contributed by atoms with Gasteiger partial charge in [-0.25, -0.2) is 8.42 Å². The van der Waals surface area contributed by atoms with Gasteiger partial charge in [0.05, 0.1) is 23.6 Å². The molecule has 8 heteroatoms. The van der Waals surface area contributed by atoms with Crippen LogP contribution in [0.15, 0.2) is 29.2 Å². The number of nitrogens with one attached hydrogen (secondary N) is 1. The molecule has 0 aliphatic carbocycles. The fourth-order valence-electron chi connectivity index (χ4n) is 3.78. The molecule has 0 spiro atoms. The second-order valence-electron chi connectivity index (χ2n) is 7.49. The summed E-state index contributed by atoms with van der Waals surface area (Å²) in [5.74, 6) is -0.108. The molecule has 2 fully saturated rings. The van der Waals surface area contributed by atoms with Crippen molar-refractivity contribution in [3.63, 3.8) is 0 Å². The Morgan fingerprint density at radius 2 is 1.67 bits per heavy atom. The van der Waals surface area contributed by atoms with Crippen molar-refractivity contribution >= 4 is 21.6 Å². The topological polar surface area (TPSA) is 79.0 Å². The van der Waals surface area contributed by atoms with E-state index in [9.17, 15) is 13.2 Å². The third kappa shape index (κ3) is 5.28. The molecule has 2 aliphatic rings. The summed E-state index contributed by atoms with van der Waals surface area (Å²) in [5.41, 5.74) is 0.604. The first-order chi connectivity index (χ1) is 12.8. The van der Waals surface area contributed by atoms with E-state index >= 15 is 0 Å². The predicted octanol–water partition coefficient (Wildman–Crippen LogP) is 1.91. The Hall–Kier alpha value is -1.48. The molecule has 0 saturated carbocycles. The second-order valence-corrected chi connectivity index (χ2v) is 9.43. The standard InChI is InChI=1S/C19H29N3O4S/c1-15-12-21(13-16(2)26-15)14-19(23)20-17-6-8-18(9-7-17)27(24,25)22-10-4-3-5-11-22/h6-9,15-16H,3-5,10-14H2,1-2H3,(H,20,23)/t15-,16-/m0/s1. The number of amides is 1. The summed E-state index contributed by atoms with van der Waals surface area (Å²) in [5, 5.41) is 2.85. The minimum atomic E-state index is -3.44. The van der Waals surface area contributed by atoms with E-state index in [0.29, 0.717) is 25.3 Å². The number of rotatable bonds is 5. The van der Waals surface area contributed by atoms with Crippen LogP contribution in [0.3, 0.4) is 0 Å². The average molecular weight is 396 g/mol. The fourth-order valence-corrected chi connectivity index (χ4v) is 5.30. The normalized spacial score (nSPS) is 25.3. The van der Waals surface area contributed by atoms with Crippen molar-refractivity contribution in [1.29, 1.82) is 0 Å². The summed E-state index contributed by atoms with van der Waals surface area (Å²) < 4.78 is 32.6. The molecule has 0 radical (unpaired) electrons. The molecule has 1 aromatic carbocycles. The second kappa shape index (κ2) is 8.68. The highest BCUT2D eigenvalue weighted by atomic mass is 32.2. The van der Waals surface area contributed by atoms with Crippen molar-refractivity contribution in [2.24, 2.45) is 0 Å². The van der Waals surface area contributed by atoms with Crippen LogP contribution < -0.4 is 5.32 Å². The molecule has 0 bridgehead atoms. The van der Waals surface area contributed by atoms with Gasteiger partial charge in [-0.1, -0.05) is 6.42 Å². The minimum Gasteiger partial charge on any atom is -0.373 e. The van der Waals surface area contributed by atoms with Crippen LogP contribution in [-0.4, -0.2) is 68.5 Å². The van der Waals surface area contributed by atoms with E-state index in [4.69, 9.17) is 4.74 Å². The lowest BCUT2D eigenvalue weighted by atomic mass is 10.2. The fraction of sp³-hybridized carbons (Fsp3) is 0.632. The largest absolute Gasteiger partial charge is 0.373 e. The Morgan fingerprint density at radius 1 is 1.07 bits per heavy atom. The van der Waals surface area contributed by atoms with Crippen LogP contribution in [-0.2, 0) is 19.6 Å². The van der Waals surface area contributed by atoms with Gasteiger partial charge in [0.1, 0.15) is 0 Å². The first-order valence-corrected chi connectivity index (χ1v) is 11.1. The summed E-state index contributed by atoms with van der Waals surface area (Å²) in [6.45, 7) is 6.92. The molecule has 2 saturated heterocycles. The van der Waals surface area contributed by atoms with E-state index in [-0.39, 0.29) is 23.0 Å². The molecule has 150 valence electrons. The zero-order chi connectivity index (χ0) is 19.4. The summed E-state index contributed by atoms with van der Waals surface area (Å²) in [6, 6.07) is 6.44. The highest BCUT2D eigenvalue weighted by Crippen LogP contribution is 2.22. The van der Waals surface area contributed by atoms with Crippen molar-refractivity contribution in [3.8, 4) is 0 Å². The van der Waals surface area contributed by atoms with Crippen LogP contribution in [0.2, 0.25) is 0 Å². The smallest absolute Gasteiger partial charge is 0.243 e. The summed E-state index contributed by atoms with van der Waals surface area (Å²) in [6.07, 6.45) is 3.12. The van der Waals surface area contributed by atoms with Crippen LogP contribution >= 0.6 is 0 Å². The molecule has 0 aromatic heterocycles. The molecule has 1 amide bonds. The van der Waals surface area contributed by atoms with E-state index in [1.54, 1.807) is 28.6 Å². The van der Waals surface area contributed by atoms with Gasteiger partial charge in [-0.15, -0.1) is 0 Å². The maximum Gasteiger partial charge on any atom is 0.243 e. The van der Waals surface area contributed by atoms with Crippen LogP contribution in [0, 0.1) is 0 Å². The Kier molecular flexibility index (Phi) is 6.52. The minimum absolute atomic E-state index is 0.108. The number of ether oxygens (including phenoxy) is 1. The molecule has 3 rings (SSSR count). The molecule has 1 N–H and O–H groups in total. The average Bonchev–Trinajstić information content (AvgIpc) is 2.62. The Balaban J connectivity index is 1.58. The van der Waals surface area contributed by atoms with Gasteiger partial charge in [0.15, 0.2) is 0 Å². The zero-order valence-electron chi connectivity index (χ0n) is 16.1. The molecular weight excluding hydrogens is 366 g/mol. The summed E-state index contributed by atoms with van der Waals surface area (Å²) in [4.78, 5) is 14.7. The van der Waals surface area contributed by atoms with Gasteiger partial charge >= 0.3 is 0 Å². The van der Waals surface area contributed by atoms with E-state index < -0.39 is 10.0 Å². The van der Waals surface area contributed by atoms with Crippen LogP contribution in [0.4, 0.5) is 5.69 Å². The maximum absolute atomic E-state index is 12.7. The molecular formula is C19H29N3O4S. The van der Waals surface area contributed by atoms with Gasteiger partial charge in [0.2, 0.25) is 15.9 Å². The Morgan fingerprint density at radius 3 is 2.26 bits per heavy atom. The predicted molar refractivity (Wildman–Crippen MR) is 104 cm³/mol. The molecule has 27 heavy (non-hydrogen) atoms. The first kappa shape index (κ1) is 20.3.